The number of nitrogens with one attached hydrogen (secondary N) is 2. The zero-order valence-corrected chi connectivity index (χ0v) is 11.3. The van der Waals surface area contributed by atoms with Gasteiger partial charge in [-0.2, -0.15) is 0 Å². The Labute approximate surface area is 113 Å². The summed E-state index contributed by atoms with van der Waals surface area (Å²) >= 11 is 0. The van der Waals surface area contributed by atoms with E-state index in [-0.39, 0.29) is 12.0 Å². The molecule has 1 aromatic heterocycles. The van der Waals surface area contributed by atoms with E-state index in [4.69, 9.17) is 4.74 Å². The summed E-state index contributed by atoms with van der Waals surface area (Å²) in [4.78, 5) is 15.9. The number of anilines is 2. The van der Waals surface area contributed by atoms with E-state index in [2.05, 4.69) is 15.6 Å². The Balaban J connectivity index is 1.73. The van der Waals surface area contributed by atoms with Crippen molar-refractivity contribution in [2.24, 2.45) is 0 Å². The molecule has 0 bridgehead atoms. The molecular formula is C14H21N3O2. The second-order valence-corrected chi connectivity index (χ2v) is 4.76. The fourth-order valence-corrected chi connectivity index (χ4v) is 2.17. The van der Waals surface area contributed by atoms with Gasteiger partial charge in [0.25, 0.3) is 0 Å². The lowest BCUT2D eigenvalue weighted by atomic mass is 10.0. The van der Waals surface area contributed by atoms with Crippen molar-refractivity contribution in [2.75, 3.05) is 24.3 Å². The third kappa shape index (κ3) is 4.52. The summed E-state index contributed by atoms with van der Waals surface area (Å²) in [5.74, 6) is 0.807. The maximum atomic E-state index is 11.8. The van der Waals surface area contributed by atoms with Crippen LogP contribution in [0.3, 0.4) is 0 Å². The highest BCUT2D eigenvalue weighted by Gasteiger charge is 2.15. The number of carbonyl (C=O) groups excluding carboxylic acids is 1. The lowest BCUT2D eigenvalue weighted by molar-refractivity contribution is -0.117. The Bertz CT molecular complexity index is 400. The summed E-state index contributed by atoms with van der Waals surface area (Å²) in [6.07, 6.45) is 6.64. The molecule has 1 saturated heterocycles. The monoisotopic (exact) mass is 263 g/mol. The predicted octanol–water partition coefficient (Wildman–Crippen LogP) is 2.41. The fourth-order valence-electron chi connectivity index (χ4n) is 2.17. The quantitative estimate of drug-likeness (QED) is 0.856. The van der Waals surface area contributed by atoms with Gasteiger partial charge < -0.3 is 15.4 Å². The zero-order chi connectivity index (χ0) is 13.5. The molecule has 0 aromatic carbocycles. The number of hydrogen-bond acceptors (Lipinski definition) is 4. The number of hydrogen-bond donors (Lipinski definition) is 2. The van der Waals surface area contributed by atoms with Crippen molar-refractivity contribution < 1.29 is 9.53 Å². The molecular weight excluding hydrogens is 242 g/mol. The van der Waals surface area contributed by atoms with Gasteiger partial charge in [0.1, 0.15) is 5.82 Å². The van der Waals surface area contributed by atoms with Crippen LogP contribution >= 0.6 is 0 Å². The first-order valence-corrected chi connectivity index (χ1v) is 6.83. The maximum absolute atomic E-state index is 11.8. The molecule has 1 atom stereocenters. The molecule has 1 fully saturated rings. The molecule has 1 amide bonds. The highest BCUT2D eigenvalue weighted by atomic mass is 16.5. The van der Waals surface area contributed by atoms with Gasteiger partial charge in [0.05, 0.1) is 18.0 Å². The molecule has 0 spiro atoms. The molecule has 0 aliphatic carbocycles. The molecule has 0 saturated carbocycles. The third-order valence-electron chi connectivity index (χ3n) is 3.27. The Kier molecular flexibility index (Phi) is 5.15. The number of nitrogens with zero attached hydrogens (tertiary/aromatic N) is 1. The first kappa shape index (κ1) is 13.8. The lowest BCUT2D eigenvalue weighted by Gasteiger charge is -2.22. The van der Waals surface area contributed by atoms with Crippen LogP contribution in [0.5, 0.6) is 0 Å². The standard InChI is InChI=1S/C14H21N3O2/c1-15-13-7-5-11(10-16-13)17-14(18)8-6-12-4-2-3-9-19-12/h5,7,10,12H,2-4,6,8-9H2,1H3,(H,15,16)(H,17,18). The van der Waals surface area contributed by atoms with Crippen molar-refractivity contribution in [1.82, 2.24) is 4.98 Å². The van der Waals surface area contributed by atoms with Crippen LogP contribution in [-0.4, -0.2) is 30.6 Å². The van der Waals surface area contributed by atoms with Gasteiger partial charge in [-0.25, -0.2) is 4.98 Å². The van der Waals surface area contributed by atoms with Crippen molar-refractivity contribution in [1.29, 1.82) is 0 Å². The van der Waals surface area contributed by atoms with Crippen molar-refractivity contribution >= 4 is 17.4 Å². The molecule has 1 aliphatic rings. The van der Waals surface area contributed by atoms with Gasteiger partial charge in [-0.15, -0.1) is 0 Å². The van der Waals surface area contributed by atoms with E-state index in [9.17, 15) is 4.79 Å². The van der Waals surface area contributed by atoms with Gasteiger partial charge >= 0.3 is 0 Å². The minimum absolute atomic E-state index is 0.0215. The summed E-state index contributed by atoms with van der Waals surface area (Å²) in [6.45, 7) is 0.835. The van der Waals surface area contributed by atoms with Crippen LogP contribution in [0.4, 0.5) is 11.5 Å². The van der Waals surface area contributed by atoms with Crippen LogP contribution in [0.2, 0.25) is 0 Å². The van der Waals surface area contributed by atoms with E-state index >= 15 is 0 Å². The maximum Gasteiger partial charge on any atom is 0.224 e. The Hall–Kier alpha value is -1.62. The number of carbonyl (C=O) groups is 1. The van der Waals surface area contributed by atoms with Crippen molar-refractivity contribution in [3.05, 3.63) is 18.3 Å². The Morgan fingerprint density at radius 2 is 2.37 bits per heavy atom. The number of pyridine rings is 1. The predicted molar refractivity (Wildman–Crippen MR) is 75.2 cm³/mol. The van der Waals surface area contributed by atoms with Crippen molar-refractivity contribution in [3.8, 4) is 0 Å². The number of rotatable bonds is 5. The van der Waals surface area contributed by atoms with E-state index in [1.165, 1.54) is 6.42 Å². The summed E-state index contributed by atoms with van der Waals surface area (Å²) in [5.41, 5.74) is 0.730. The Morgan fingerprint density at radius 3 is 3.00 bits per heavy atom. The molecule has 104 valence electrons. The highest BCUT2D eigenvalue weighted by Crippen LogP contribution is 2.17. The summed E-state index contributed by atoms with van der Waals surface area (Å²) in [7, 11) is 1.81. The number of amides is 1. The third-order valence-corrected chi connectivity index (χ3v) is 3.27. The molecule has 19 heavy (non-hydrogen) atoms. The van der Waals surface area contributed by atoms with E-state index in [1.54, 1.807) is 6.20 Å². The Morgan fingerprint density at radius 1 is 1.47 bits per heavy atom. The van der Waals surface area contributed by atoms with Gasteiger partial charge in [0, 0.05) is 20.1 Å². The summed E-state index contributed by atoms with van der Waals surface area (Å²) in [5, 5.41) is 5.78. The summed E-state index contributed by atoms with van der Waals surface area (Å²) < 4.78 is 5.61. The van der Waals surface area contributed by atoms with Gasteiger partial charge in [0.2, 0.25) is 5.91 Å². The molecule has 2 rings (SSSR count). The van der Waals surface area contributed by atoms with Crippen LogP contribution in [0, 0.1) is 0 Å². The first-order valence-electron chi connectivity index (χ1n) is 6.83. The molecule has 5 nitrogen and oxygen atoms in total. The highest BCUT2D eigenvalue weighted by molar-refractivity contribution is 5.90. The molecule has 1 aliphatic heterocycles. The van der Waals surface area contributed by atoms with Crippen LogP contribution in [-0.2, 0) is 9.53 Å². The topological polar surface area (TPSA) is 63.2 Å². The normalized spacial score (nSPS) is 18.9. The van der Waals surface area contributed by atoms with Crippen LogP contribution in [0.1, 0.15) is 32.1 Å². The second kappa shape index (κ2) is 7.09. The van der Waals surface area contributed by atoms with Crippen LogP contribution in [0.15, 0.2) is 18.3 Å². The smallest absolute Gasteiger partial charge is 0.224 e. The van der Waals surface area contributed by atoms with Gasteiger partial charge in [0.15, 0.2) is 0 Å². The molecule has 2 N–H and O–H groups in total. The van der Waals surface area contributed by atoms with Gasteiger partial charge in [-0.1, -0.05) is 0 Å². The van der Waals surface area contributed by atoms with Crippen LogP contribution in [0.25, 0.3) is 0 Å². The van der Waals surface area contributed by atoms with Gasteiger partial charge in [-0.05, 0) is 37.8 Å². The second-order valence-electron chi connectivity index (χ2n) is 4.76. The number of aromatic nitrogens is 1. The van der Waals surface area contributed by atoms with E-state index in [0.717, 1.165) is 37.4 Å². The molecule has 1 aromatic rings. The molecule has 0 radical (unpaired) electrons. The molecule has 2 heterocycles. The lowest BCUT2D eigenvalue weighted by Crippen LogP contribution is -2.21. The fraction of sp³-hybridized carbons (Fsp3) is 0.571. The van der Waals surface area contributed by atoms with Crippen molar-refractivity contribution in [3.63, 3.8) is 0 Å². The SMILES string of the molecule is CNc1ccc(NC(=O)CCC2CCCCO2)cn1. The number of ether oxygens (including phenoxy) is 1. The average molecular weight is 263 g/mol. The molecule has 5 heteroatoms. The van der Waals surface area contributed by atoms with E-state index in [0.29, 0.717) is 6.42 Å². The average Bonchev–Trinajstić information content (AvgIpc) is 2.47. The zero-order valence-electron chi connectivity index (χ0n) is 11.3. The first-order chi connectivity index (χ1) is 9.28. The van der Waals surface area contributed by atoms with Gasteiger partial charge in [-0.3, -0.25) is 4.79 Å². The van der Waals surface area contributed by atoms with Crippen molar-refractivity contribution in [2.45, 2.75) is 38.2 Å². The minimum atomic E-state index is 0.0215. The van der Waals surface area contributed by atoms with E-state index < -0.39 is 0 Å². The van der Waals surface area contributed by atoms with E-state index in [1.807, 2.05) is 19.2 Å². The van der Waals surface area contributed by atoms with Crippen LogP contribution < -0.4 is 10.6 Å². The minimum Gasteiger partial charge on any atom is -0.378 e. The summed E-state index contributed by atoms with van der Waals surface area (Å²) in [6, 6.07) is 3.67. The molecule has 1 unspecified atom stereocenters. The largest absolute Gasteiger partial charge is 0.378 e.